The van der Waals surface area contributed by atoms with Crippen molar-refractivity contribution in [2.45, 2.75) is 31.6 Å². The SMILES string of the molecule is CCNC(=NCC1CN(C)CCN1C)NC1CCN(CC(F)(F)F)C1. The Morgan fingerprint density at radius 1 is 1.16 bits per heavy atom. The summed E-state index contributed by atoms with van der Waals surface area (Å²) >= 11 is 0. The fraction of sp³-hybridized carbons (Fsp3) is 0.938. The summed E-state index contributed by atoms with van der Waals surface area (Å²) in [6.45, 7) is 6.48. The molecule has 0 aromatic rings. The van der Waals surface area contributed by atoms with E-state index in [1.807, 2.05) is 6.92 Å². The predicted octanol–water partition coefficient (Wildman–Crippen LogP) is 0.424. The van der Waals surface area contributed by atoms with Crippen molar-refractivity contribution in [2.75, 3.05) is 66.5 Å². The van der Waals surface area contributed by atoms with Gasteiger partial charge in [0.05, 0.1) is 13.1 Å². The van der Waals surface area contributed by atoms with E-state index in [-0.39, 0.29) is 6.04 Å². The highest BCUT2D eigenvalue weighted by atomic mass is 19.4. The third-order valence-electron chi connectivity index (χ3n) is 4.80. The number of piperazine rings is 1. The lowest BCUT2D eigenvalue weighted by Gasteiger charge is -2.37. The zero-order chi connectivity index (χ0) is 18.4. The molecule has 2 saturated heterocycles. The van der Waals surface area contributed by atoms with E-state index in [0.717, 1.165) is 26.2 Å². The van der Waals surface area contributed by atoms with Crippen LogP contribution < -0.4 is 10.6 Å². The van der Waals surface area contributed by atoms with Crippen molar-refractivity contribution < 1.29 is 13.2 Å². The molecule has 2 fully saturated rings. The normalized spacial score (nSPS) is 27.7. The molecular weight excluding hydrogens is 333 g/mol. The van der Waals surface area contributed by atoms with E-state index < -0.39 is 12.7 Å². The maximum Gasteiger partial charge on any atom is 0.401 e. The minimum atomic E-state index is -4.13. The number of halogens is 3. The molecule has 0 saturated carbocycles. The maximum absolute atomic E-state index is 12.5. The van der Waals surface area contributed by atoms with Crippen LogP contribution in [0.1, 0.15) is 13.3 Å². The number of hydrogen-bond acceptors (Lipinski definition) is 4. The summed E-state index contributed by atoms with van der Waals surface area (Å²) in [5, 5.41) is 6.50. The van der Waals surface area contributed by atoms with Gasteiger partial charge in [-0.2, -0.15) is 13.2 Å². The first kappa shape index (κ1) is 20.3. The van der Waals surface area contributed by atoms with Crippen LogP contribution in [0.2, 0.25) is 0 Å². The van der Waals surface area contributed by atoms with Crippen molar-refractivity contribution in [2.24, 2.45) is 4.99 Å². The van der Waals surface area contributed by atoms with Gasteiger partial charge in [-0.15, -0.1) is 0 Å². The van der Waals surface area contributed by atoms with Crippen LogP contribution in [0.3, 0.4) is 0 Å². The molecule has 2 rings (SSSR count). The highest BCUT2D eigenvalue weighted by Crippen LogP contribution is 2.19. The molecule has 0 aliphatic carbocycles. The van der Waals surface area contributed by atoms with Gasteiger partial charge in [-0.25, -0.2) is 0 Å². The summed E-state index contributed by atoms with van der Waals surface area (Å²) < 4.78 is 37.5. The van der Waals surface area contributed by atoms with Gasteiger partial charge in [0.1, 0.15) is 0 Å². The van der Waals surface area contributed by atoms with Crippen LogP contribution in [0.25, 0.3) is 0 Å². The average molecular weight is 364 g/mol. The quantitative estimate of drug-likeness (QED) is 0.547. The van der Waals surface area contributed by atoms with Gasteiger partial charge in [-0.1, -0.05) is 0 Å². The number of nitrogens with one attached hydrogen (secondary N) is 2. The molecule has 2 aliphatic rings. The van der Waals surface area contributed by atoms with Crippen molar-refractivity contribution in [3.63, 3.8) is 0 Å². The number of guanidine groups is 1. The summed E-state index contributed by atoms with van der Waals surface area (Å²) in [5.74, 6) is 0.697. The van der Waals surface area contributed by atoms with Gasteiger partial charge < -0.3 is 15.5 Å². The van der Waals surface area contributed by atoms with E-state index in [2.05, 4.69) is 39.5 Å². The van der Waals surface area contributed by atoms with Crippen LogP contribution in [-0.4, -0.2) is 105 Å². The molecule has 0 spiro atoms. The van der Waals surface area contributed by atoms with Crippen LogP contribution in [0.5, 0.6) is 0 Å². The van der Waals surface area contributed by atoms with Crippen molar-refractivity contribution in [3.8, 4) is 0 Å². The highest BCUT2D eigenvalue weighted by Gasteiger charge is 2.34. The van der Waals surface area contributed by atoms with Crippen molar-refractivity contribution in [1.82, 2.24) is 25.3 Å². The Morgan fingerprint density at radius 3 is 2.60 bits per heavy atom. The first-order chi connectivity index (χ1) is 11.8. The number of aliphatic imine (C=N–C) groups is 1. The fourth-order valence-corrected chi connectivity index (χ4v) is 3.36. The molecule has 2 atom stereocenters. The molecule has 146 valence electrons. The number of alkyl halides is 3. The second kappa shape index (κ2) is 9.05. The van der Waals surface area contributed by atoms with E-state index in [4.69, 9.17) is 0 Å². The summed E-state index contributed by atoms with van der Waals surface area (Å²) in [6, 6.07) is 0.367. The molecule has 9 heteroatoms. The van der Waals surface area contributed by atoms with Crippen molar-refractivity contribution in [1.29, 1.82) is 0 Å². The number of nitrogens with zero attached hydrogens (tertiary/aromatic N) is 4. The van der Waals surface area contributed by atoms with Gasteiger partial charge in [0, 0.05) is 51.4 Å². The van der Waals surface area contributed by atoms with E-state index in [1.54, 1.807) is 0 Å². The molecule has 0 amide bonds. The summed E-state index contributed by atoms with van der Waals surface area (Å²) in [6.07, 6.45) is -3.43. The topological polar surface area (TPSA) is 46.1 Å². The second-order valence-electron chi connectivity index (χ2n) is 7.10. The lowest BCUT2D eigenvalue weighted by atomic mass is 10.2. The lowest BCUT2D eigenvalue weighted by molar-refractivity contribution is -0.143. The molecule has 0 aromatic heterocycles. The molecular formula is C16H31F3N6. The first-order valence-corrected chi connectivity index (χ1v) is 8.99. The van der Waals surface area contributed by atoms with Crippen LogP contribution in [0, 0.1) is 0 Å². The molecule has 6 nitrogen and oxygen atoms in total. The van der Waals surface area contributed by atoms with Crippen molar-refractivity contribution in [3.05, 3.63) is 0 Å². The Morgan fingerprint density at radius 2 is 1.92 bits per heavy atom. The molecule has 0 radical (unpaired) electrons. The number of likely N-dealkylation sites (tertiary alicyclic amines) is 1. The summed E-state index contributed by atoms with van der Waals surface area (Å²) in [4.78, 5) is 10.7. The zero-order valence-electron chi connectivity index (χ0n) is 15.4. The van der Waals surface area contributed by atoms with Gasteiger partial charge in [0.2, 0.25) is 0 Å². The van der Waals surface area contributed by atoms with E-state index in [0.29, 0.717) is 38.1 Å². The fourth-order valence-electron chi connectivity index (χ4n) is 3.36. The molecule has 2 aliphatic heterocycles. The van der Waals surface area contributed by atoms with E-state index in [9.17, 15) is 13.2 Å². The Labute approximate surface area is 148 Å². The van der Waals surface area contributed by atoms with Crippen LogP contribution >= 0.6 is 0 Å². The standard InChI is InChI=1S/C16H31F3N6/c1-4-20-15(21-9-14-11-23(2)7-8-24(14)3)22-13-5-6-25(10-13)12-16(17,18)19/h13-14H,4-12H2,1-3H3,(H2,20,21,22). The van der Waals surface area contributed by atoms with Crippen LogP contribution in [0.15, 0.2) is 4.99 Å². The van der Waals surface area contributed by atoms with E-state index >= 15 is 0 Å². The number of hydrogen-bond donors (Lipinski definition) is 2. The summed E-state index contributed by atoms with van der Waals surface area (Å²) in [7, 11) is 4.22. The summed E-state index contributed by atoms with van der Waals surface area (Å²) in [5.41, 5.74) is 0. The first-order valence-electron chi connectivity index (χ1n) is 8.99. The predicted molar refractivity (Wildman–Crippen MR) is 93.9 cm³/mol. The molecule has 0 bridgehead atoms. The third-order valence-corrected chi connectivity index (χ3v) is 4.80. The Hall–Kier alpha value is -1.06. The van der Waals surface area contributed by atoms with Gasteiger partial charge in [0.15, 0.2) is 5.96 Å². The van der Waals surface area contributed by atoms with Crippen molar-refractivity contribution >= 4 is 5.96 Å². The number of likely N-dealkylation sites (N-methyl/N-ethyl adjacent to an activating group) is 2. The molecule has 2 N–H and O–H groups in total. The minimum absolute atomic E-state index is 0.00640. The zero-order valence-corrected chi connectivity index (χ0v) is 15.4. The van der Waals surface area contributed by atoms with Gasteiger partial charge in [-0.3, -0.25) is 14.8 Å². The third kappa shape index (κ3) is 6.99. The molecule has 25 heavy (non-hydrogen) atoms. The Bertz CT molecular complexity index is 442. The Balaban J connectivity index is 1.85. The maximum atomic E-state index is 12.5. The van der Waals surface area contributed by atoms with Gasteiger partial charge in [0.25, 0.3) is 0 Å². The van der Waals surface area contributed by atoms with Gasteiger partial charge in [-0.05, 0) is 27.4 Å². The second-order valence-corrected chi connectivity index (χ2v) is 7.10. The van der Waals surface area contributed by atoms with Gasteiger partial charge >= 0.3 is 6.18 Å². The Kier molecular flexibility index (Phi) is 7.33. The average Bonchev–Trinajstić information content (AvgIpc) is 2.93. The lowest BCUT2D eigenvalue weighted by Crippen LogP contribution is -2.52. The molecule has 2 heterocycles. The minimum Gasteiger partial charge on any atom is -0.357 e. The monoisotopic (exact) mass is 364 g/mol. The van der Waals surface area contributed by atoms with Crippen LogP contribution in [0.4, 0.5) is 13.2 Å². The van der Waals surface area contributed by atoms with Crippen LogP contribution in [-0.2, 0) is 0 Å². The number of rotatable bonds is 5. The molecule has 2 unspecified atom stereocenters. The highest BCUT2D eigenvalue weighted by molar-refractivity contribution is 5.80. The molecule has 0 aromatic carbocycles. The van der Waals surface area contributed by atoms with E-state index in [1.165, 1.54) is 4.90 Å². The largest absolute Gasteiger partial charge is 0.401 e. The smallest absolute Gasteiger partial charge is 0.357 e.